The zero-order chi connectivity index (χ0) is 12.2. The van der Waals surface area contributed by atoms with Crippen LogP contribution in [-0.2, 0) is 9.53 Å². The number of rotatable bonds is 4. The van der Waals surface area contributed by atoms with Crippen molar-refractivity contribution in [3.63, 3.8) is 0 Å². The van der Waals surface area contributed by atoms with E-state index in [2.05, 4.69) is 13.2 Å². The van der Waals surface area contributed by atoms with Crippen LogP contribution in [0.4, 0.5) is 4.79 Å². The molecule has 16 heavy (non-hydrogen) atoms. The summed E-state index contributed by atoms with van der Waals surface area (Å²) in [4.78, 5) is 24.0. The summed E-state index contributed by atoms with van der Waals surface area (Å²) in [5.74, 6) is -1.07. The van der Waals surface area contributed by atoms with Crippen molar-refractivity contribution in [3.05, 3.63) is 25.3 Å². The third-order valence-corrected chi connectivity index (χ3v) is 2.67. The summed E-state index contributed by atoms with van der Waals surface area (Å²) in [6, 6.07) is 0. The van der Waals surface area contributed by atoms with Gasteiger partial charge in [0.1, 0.15) is 6.61 Å². The molecule has 1 amide bonds. The van der Waals surface area contributed by atoms with Gasteiger partial charge in [0.2, 0.25) is 0 Å². The van der Waals surface area contributed by atoms with E-state index in [0.29, 0.717) is 19.4 Å². The summed E-state index contributed by atoms with van der Waals surface area (Å²) in [5.41, 5.74) is -1.32. The van der Waals surface area contributed by atoms with Gasteiger partial charge in [-0.05, 0) is 12.8 Å². The number of amides is 1. The van der Waals surface area contributed by atoms with Gasteiger partial charge < -0.3 is 9.84 Å². The quantitative estimate of drug-likeness (QED) is 0.735. The van der Waals surface area contributed by atoms with Crippen molar-refractivity contribution < 1.29 is 19.4 Å². The van der Waals surface area contributed by atoms with E-state index in [1.165, 1.54) is 17.1 Å². The highest BCUT2D eigenvalue weighted by atomic mass is 16.6. The van der Waals surface area contributed by atoms with Crippen molar-refractivity contribution in [2.75, 3.05) is 13.2 Å². The smallest absolute Gasteiger partial charge is 0.411 e. The summed E-state index contributed by atoms with van der Waals surface area (Å²) >= 11 is 0. The van der Waals surface area contributed by atoms with Crippen LogP contribution in [0.25, 0.3) is 0 Å². The Hall–Kier alpha value is -1.78. The predicted octanol–water partition coefficient (Wildman–Crippen LogP) is 1.41. The van der Waals surface area contributed by atoms with Gasteiger partial charge in [-0.2, -0.15) is 0 Å². The van der Waals surface area contributed by atoms with Gasteiger partial charge in [0, 0.05) is 6.54 Å². The standard InChI is InChI=1S/C11H15NO4/c1-3-8-16-10(15)12-7-5-6-11(12,4-2)9(13)14/h3-4H,1-2,5-8H2,(H,13,14)/t11-/m0/s1. The first-order valence-electron chi connectivity index (χ1n) is 5.01. The lowest BCUT2D eigenvalue weighted by atomic mass is 9.97. The third kappa shape index (κ3) is 1.93. The molecule has 1 N–H and O–H groups in total. The first-order chi connectivity index (χ1) is 7.58. The van der Waals surface area contributed by atoms with Crippen LogP contribution < -0.4 is 0 Å². The summed E-state index contributed by atoms with van der Waals surface area (Å²) < 4.78 is 4.84. The van der Waals surface area contributed by atoms with E-state index in [-0.39, 0.29) is 6.61 Å². The summed E-state index contributed by atoms with van der Waals surface area (Å²) in [6.45, 7) is 7.36. The maximum Gasteiger partial charge on any atom is 0.411 e. The Labute approximate surface area is 94.0 Å². The fraction of sp³-hybridized carbons (Fsp3) is 0.455. The number of aliphatic carboxylic acids is 1. The number of hydrogen-bond acceptors (Lipinski definition) is 3. The van der Waals surface area contributed by atoms with Crippen LogP contribution in [0.1, 0.15) is 12.8 Å². The number of carboxylic acids is 1. The second-order valence-electron chi connectivity index (χ2n) is 3.55. The molecule has 0 aromatic heterocycles. The zero-order valence-corrected chi connectivity index (χ0v) is 9.02. The van der Waals surface area contributed by atoms with Crippen molar-refractivity contribution in [3.8, 4) is 0 Å². The Balaban J connectivity index is 2.85. The first kappa shape index (κ1) is 12.3. The largest absolute Gasteiger partial charge is 0.479 e. The maximum absolute atomic E-state index is 11.6. The molecule has 0 spiro atoms. The molecule has 0 aliphatic carbocycles. The summed E-state index contributed by atoms with van der Waals surface area (Å²) in [5, 5.41) is 9.17. The molecule has 1 aliphatic heterocycles. The molecular weight excluding hydrogens is 210 g/mol. The average Bonchev–Trinajstić information content (AvgIpc) is 2.70. The van der Waals surface area contributed by atoms with Gasteiger partial charge in [0.25, 0.3) is 0 Å². The molecule has 1 fully saturated rings. The fourth-order valence-electron chi connectivity index (χ4n) is 1.83. The van der Waals surface area contributed by atoms with Crippen LogP contribution >= 0.6 is 0 Å². The summed E-state index contributed by atoms with van der Waals surface area (Å²) in [6.07, 6.45) is 3.08. The minimum Gasteiger partial charge on any atom is -0.479 e. The van der Waals surface area contributed by atoms with E-state index in [1.807, 2.05) is 0 Å². The Morgan fingerprint density at radius 1 is 1.50 bits per heavy atom. The number of carbonyl (C=O) groups excluding carboxylic acids is 1. The van der Waals surface area contributed by atoms with Crippen molar-refractivity contribution in [2.45, 2.75) is 18.4 Å². The molecule has 1 atom stereocenters. The molecule has 5 heteroatoms. The molecule has 5 nitrogen and oxygen atoms in total. The molecule has 0 aromatic carbocycles. The minimum absolute atomic E-state index is 0.0716. The third-order valence-electron chi connectivity index (χ3n) is 2.67. The van der Waals surface area contributed by atoms with Crippen LogP contribution in [-0.4, -0.2) is 40.8 Å². The predicted molar refractivity (Wildman–Crippen MR) is 58.0 cm³/mol. The Morgan fingerprint density at radius 2 is 2.19 bits per heavy atom. The Bertz CT molecular complexity index is 326. The van der Waals surface area contributed by atoms with Gasteiger partial charge in [-0.15, -0.1) is 6.58 Å². The lowest BCUT2D eigenvalue weighted by Crippen LogP contribution is -2.51. The Morgan fingerprint density at radius 3 is 2.69 bits per heavy atom. The van der Waals surface area contributed by atoms with Gasteiger partial charge in [-0.1, -0.05) is 18.7 Å². The molecule has 0 bridgehead atoms. The lowest BCUT2D eigenvalue weighted by molar-refractivity contribution is -0.145. The SMILES string of the molecule is C=CCOC(=O)N1CCC[C@@]1(C=C)C(=O)O. The fourth-order valence-corrected chi connectivity index (χ4v) is 1.83. The van der Waals surface area contributed by atoms with Crippen LogP contribution in [0, 0.1) is 0 Å². The molecule has 0 unspecified atom stereocenters. The van der Waals surface area contributed by atoms with E-state index in [1.54, 1.807) is 0 Å². The maximum atomic E-state index is 11.6. The van der Waals surface area contributed by atoms with Crippen molar-refractivity contribution >= 4 is 12.1 Å². The molecule has 0 radical (unpaired) electrons. The molecular formula is C11H15NO4. The first-order valence-corrected chi connectivity index (χ1v) is 5.01. The van der Waals surface area contributed by atoms with Gasteiger partial charge in [0.15, 0.2) is 5.54 Å². The average molecular weight is 225 g/mol. The van der Waals surface area contributed by atoms with Crippen LogP contribution in [0.5, 0.6) is 0 Å². The zero-order valence-electron chi connectivity index (χ0n) is 9.02. The highest BCUT2D eigenvalue weighted by molar-refractivity contribution is 5.87. The number of likely N-dealkylation sites (tertiary alicyclic amines) is 1. The van der Waals surface area contributed by atoms with Crippen LogP contribution in [0.15, 0.2) is 25.3 Å². The molecule has 0 aromatic rings. The van der Waals surface area contributed by atoms with Crippen molar-refractivity contribution in [1.29, 1.82) is 0 Å². The van der Waals surface area contributed by atoms with Crippen molar-refractivity contribution in [1.82, 2.24) is 4.90 Å². The van der Waals surface area contributed by atoms with E-state index in [0.717, 1.165) is 0 Å². The highest BCUT2D eigenvalue weighted by Gasteiger charge is 2.48. The van der Waals surface area contributed by atoms with E-state index < -0.39 is 17.6 Å². The van der Waals surface area contributed by atoms with E-state index >= 15 is 0 Å². The minimum atomic E-state index is -1.32. The summed E-state index contributed by atoms with van der Waals surface area (Å²) in [7, 11) is 0. The number of carboxylic acid groups (broad SMARTS) is 1. The van der Waals surface area contributed by atoms with Crippen LogP contribution in [0.3, 0.4) is 0 Å². The van der Waals surface area contributed by atoms with Crippen LogP contribution in [0.2, 0.25) is 0 Å². The molecule has 1 aliphatic rings. The molecule has 88 valence electrons. The topological polar surface area (TPSA) is 66.8 Å². The second-order valence-corrected chi connectivity index (χ2v) is 3.55. The van der Waals surface area contributed by atoms with Gasteiger partial charge in [0.05, 0.1) is 0 Å². The highest BCUT2D eigenvalue weighted by Crippen LogP contribution is 2.31. The molecule has 1 heterocycles. The van der Waals surface area contributed by atoms with Gasteiger partial charge >= 0.3 is 12.1 Å². The van der Waals surface area contributed by atoms with Crippen molar-refractivity contribution in [2.24, 2.45) is 0 Å². The van der Waals surface area contributed by atoms with E-state index in [9.17, 15) is 9.59 Å². The number of ether oxygens (including phenoxy) is 1. The molecule has 0 saturated carbocycles. The van der Waals surface area contributed by atoms with Gasteiger partial charge in [-0.3, -0.25) is 4.90 Å². The van der Waals surface area contributed by atoms with Gasteiger partial charge in [-0.25, -0.2) is 9.59 Å². The number of carbonyl (C=O) groups is 2. The Kier molecular flexibility index (Phi) is 3.71. The van der Waals surface area contributed by atoms with E-state index in [4.69, 9.17) is 9.84 Å². The molecule has 1 saturated heterocycles. The lowest BCUT2D eigenvalue weighted by Gasteiger charge is -2.30. The number of hydrogen-bond donors (Lipinski definition) is 1. The normalized spacial score (nSPS) is 23.9. The second kappa shape index (κ2) is 4.83. The molecule has 1 rings (SSSR count). The monoisotopic (exact) mass is 225 g/mol. The number of nitrogens with zero attached hydrogens (tertiary/aromatic N) is 1.